The van der Waals surface area contributed by atoms with Gasteiger partial charge >= 0.3 is 6.18 Å². The Hall–Kier alpha value is -7.23. The molecule has 0 saturated heterocycles. The van der Waals surface area contributed by atoms with Gasteiger partial charge in [0.2, 0.25) is 0 Å². The van der Waals surface area contributed by atoms with E-state index in [0.717, 1.165) is 74.2 Å². The summed E-state index contributed by atoms with van der Waals surface area (Å²) in [5.74, 6) is -5.52. The van der Waals surface area contributed by atoms with Crippen LogP contribution in [0, 0.1) is 48.5 Å². The van der Waals surface area contributed by atoms with Crippen LogP contribution in [0.5, 0.6) is 0 Å². The van der Waals surface area contributed by atoms with Crippen molar-refractivity contribution in [2.24, 2.45) is 0 Å². The van der Waals surface area contributed by atoms with E-state index in [9.17, 15) is 38.4 Å². The van der Waals surface area contributed by atoms with Crippen LogP contribution < -0.4 is 14.7 Å². The number of aryl methyl sites for hydroxylation is 4. The normalized spacial score (nSPS) is 16.0. The first kappa shape index (κ1) is 48.8. The molecule has 6 aromatic rings. The molecular weight excluding hydrogens is 991 g/mol. The molecule has 0 aromatic heterocycles. The second kappa shape index (κ2) is 16.4. The van der Waals surface area contributed by atoms with Crippen molar-refractivity contribution in [1.29, 1.82) is 0 Å². The molecule has 12 nitrogen and oxygen atoms in total. The molecule has 1 atom stereocenters. The van der Waals surface area contributed by atoms with Gasteiger partial charge in [0.1, 0.15) is 5.41 Å². The van der Waals surface area contributed by atoms with Crippen molar-refractivity contribution in [2.75, 3.05) is 21.7 Å². The van der Waals surface area contributed by atoms with E-state index in [4.69, 9.17) is 0 Å². The van der Waals surface area contributed by atoms with Gasteiger partial charge < -0.3 is 0 Å². The van der Waals surface area contributed by atoms with E-state index in [1.807, 2.05) is 33.8 Å². The fraction of sp³-hybridized carbons (Fsp3) is 0.200. The molecule has 0 bridgehead atoms. The summed E-state index contributed by atoms with van der Waals surface area (Å²) >= 11 is 0. The fourth-order valence-corrected chi connectivity index (χ4v) is 10.6. The zero-order valence-corrected chi connectivity index (χ0v) is 42.7. The summed E-state index contributed by atoms with van der Waals surface area (Å²) in [6.07, 6.45) is -4.99. The number of carbonyl (C=O) groups excluding carboxylic acids is 8. The molecule has 16 heteroatoms. The van der Waals surface area contributed by atoms with Crippen molar-refractivity contribution in [2.45, 2.75) is 67.0 Å². The monoisotopic (exact) mass is 1030 g/mol. The fourth-order valence-electron chi connectivity index (χ4n) is 10.6. The Morgan fingerprint density at radius 3 is 1.08 bits per heavy atom. The van der Waals surface area contributed by atoms with Gasteiger partial charge in [0.15, 0.2) is 0 Å². The maximum absolute atomic E-state index is 15.3. The SMILES string of the molecule is Cc1cc(C)c(N2C(=O)c3ccc(-c4ccc5c(c4)C(=O)N(c4c(C)cc(C)c(N6C(=O)c7ccc([C@@](C)(c8ccc9c(c8)C(=O)N(C)C9=O)C(F)(F)F)cc7C6=O)c4C)C5=O)cc3C2=O)c(C)c1C.[Y]. The van der Waals surface area contributed by atoms with Gasteiger partial charge in [-0.25, -0.2) is 14.7 Å². The average molecular weight is 1030 g/mol. The molecule has 353 valence electrons. The van der Waals surface area contributed by atoms with E-state index in [1.165, 1.54) is 30.1 Å². The van der Waals surface area contributed by atoms with Crippen molar-refractivity contribution in [1.82, 2.24) is 4.90 Å². The summed E-state index contributed by atoms with van der Waals surface area (Å²) in [7, 11) is 1.23. The van der Waals surface area contributed by atoms with E-state index in [-0.39, 0.29) is 99.7 Å². The molecule has 0 fully saturated rings. The third-order valence-electron chi connectivity index (χ3n) is 14.7. The number of anilines is 3. The van der Waals surface area contributed by atoms with Gasteiger partial charge in [0, 0.05) is 39.8 Å². The van der Waals surface area contributed by atoms with Gasteiger partial charge in [-0.15, -0.1) is 0 Å². The minimum absolute atomic E-state index is 0. The summed E-state index contributed by atoms with van der Waals surface area (Å²) < 4.78 is 46.0. The molecule has 4 aliphatic rings. The molecule has 8 amide bonds. The number of amides is 8. The second-order valence-electron chi connectivity index (χ2n) is 18.6. The zero-order valence-electron chi connectivity index (χ0n) is 39.8. The van der Waals surface area contributed by atoms with Gasteiger partial charge in [-0.05, 0) is 165 Å². The Labute approximate surface area is 430 Å². The third kappa shape index (κ3) is 6.72. The van der Waals surface area contributed by atoms with E-state index in [0.29, 0.717) is 27.9 Å². The van der Waals surface area contributed by atoms with Crippen molar-refractivity contribution < 1.29 is 84.2 Å². The molecule has 6 aromatic carbocycles. The van der Waals surface area contributed by atoms with Crippen LogP contribution in [-0.4, -0.2) is 65.4 Å². The van der Waals surface area contributed by atoms with Crippen LogP contribution in [0.15, 0.2) is 84.9 Å². The van der Waals surface area contributed by atoms with Gasteiger partial charge in [-0.3, -0.25) is 43.3 Å². The van der Waals surface area contributed by atoms with Crippen LogP contribution in [0.4, 0.5) is 30.2 Å². The topological polar surface area (TPSA) is 150 Å². The van der Waals surface area contributed by atoms with Crippen molar-refractivity contribution in [3.63, 3.8) is 0 Å². The molecule has 0 saturated carbocycles. The maximum Gasteiger partial charge on any atom is 0.402 e. The molecule has 0 unspecified atom stereocenters. The van der Waals surface area contributed by atoms with E-state index < -0.39 is 64.4 Å². The Balaban J connectivity index is 0.00000624. The number of imide groups is 4. The predicted octanol–water partition coefficient (Wildman–Crippen LogP) is 10.0. The number of alkyl halides is 3. The Morgan fingerprint density at radius 1 is 0.366 bits per heavy atom. The van der Waals surface area contributed by atoms with Crippen LogP contribution in [-0.2, 0) is 38.1 Å². The molecule has 71 heavy (non-hydrogen) atoms. The average Bonchev–Trinajstić information content (AvgIpc) is 3.90. The first-order valence-corrected chi connectivity index (χ1v) is 22.2. The number of fused-ring (bicyclic) bond motifs is 4. The molecule has 0 N–H and O–H groups in total. The van der Waals surface area contributed by atoms with Crippen molar-refractivity contribution in [3.05, 3.63) is 180 Å². The van der Waals surface area contributed by atoms with Gasteiger partial charge in [-0.2, -0.15) is 13.2 Å². The van der Waals surface area contributed by atoms with Crippen LogP contribution in [0.1, 0.15) is 140 Å². The van der Waals surface area contributed by atoms with Crippen LogP contribution in [0.3, 0.4) is 0 Å². The maximum atomic E-state index is 15.3. The molecule has 10 rings (SSSR count). The number of carbonyl (C=O) groups is 8. The summed E-state index contributed by atoms with van der Waals surface area (Å²) in [4.78, 5) is 114. The van der Waals surface area contributed by atoms with E-state index in [1.54, 1.807) is 51.1 Å². The zero-order chi connectivity index (χ0) is 50.5. The number of rotatable bonds is 6. The van der Waals surface area contributed by atoms with Gasteiger partial charge in [-0.1, -0.05) is 36.4 Å². The standard InChI is InChI=1S/C55H41F3N4O8.Y/c1-24-18-25(2)43(29(6)28(24)5)60-48(65)36-14-10-31(20-39(36)51(60)68)32-11-15-37-40(21-32)52(69)61(49(37)66)44-26(3)19-27(4)45(30(44)7)62-50(67)38-17-13-34(23-42(38)53(62)70)54(8,55(56,57)58)33-12-16-35-41(22-33)47(64)59(9)46(35)63;/h10-23H,1-9H3;/t54-;/m1./s1. The minimum atomic E-state index is -4.99. The Kier molecular flexibility index (Phi) is 11.3. The van der Waals surface area contributed by atoms with Gasteiger partial charge in [0.05, 0.1) is 61.6 Å². The largest absolute Gasteiger partial charge is 0.402 e. The quantitative estimate of drug-likeness (QED) is 0.150. The first-order valence-electron chi connectivity index (χ1n) is 22.2. The molecular formula is C55H41F3N4O8Y. The molecule has 0 spiro atoms. The van der Waals surface area contributed by atoms with Crippen LogP contribution >= 0.6 is 0 Å². The molecule has 0 aliphatic carbocycles. The predicted molar refractivity (Wildman–Crippen MR) is 253 cm³/mol. The summed E-state index contributed by atoms with van der Waals surface area (Å²) in [5.41, 5.74) is 2.53. The number of nitrogens with zero attached hydrogens (tertiary/aromatic N) is 4. The van der Waals surface area contributed by atoms with Crippen LogP contribution in [0.2, 0.25) is 0 Å². The van der Waals surface area contributed by atoms with Crippen molar-refractivity contribution >= 4 is 64.3 Å². The summed E-state index contributed by atoms with van der Waals surface area (Å²) in [6, 6.07) is 19.6. The Bertz CT molecular complexity index is 3580. The Morgan fingerprint density at radius 2 is 0.676 bits per heavy atom. The number of benzene rings is 6. The molecule has 4 heterocycles. The minimum Gasteiger partial charge on any atom is -0.277 e. The van der Waals surface area contributed by atoms with E-state index >= 15 is 13.2 Å². The summed E-state index contributed by atoms with van der Waals surface area (Å²) in [5, 5.41) is 0. The first-order chi connectivity index (χ1) is 32.9. The van der Waals surface area contributed by atoms with E-state index in [2.05, 4.69) is 0 Å². The smallest absolute Gasteiger partial charge is 0.277 e. The molecule has 1 radical (unpaired) electrons. The number of hydrogen-bond acceptors (Lipinski definition) is 8. The van der Waals surface area contributed by atoms with Crippen molar-refractivity contribution in [3.8, 4) is 11.1 Å². The number of halogens is 3. The van der Waals surface area contributed by atoms with Crippen LogP contribution in [0.25, 0.3) is 11.1 Å². The summed E-state index contributed by atoms with van der Waals surface area (Å²) in [6.45, 7) is 13.3. The third-order valence-corrected chi connectivity index (χ3v) is 14.7. The second-order valence-corrected chi connectivity index (χ2v) is 18.6. The number of hydrogen-bond donors (Lipinski definition) is 0. The molecule has 4 aliphatic heterocycles. The van der Waals surface area contributed by atoms with Gasteiger partial charge in [0.25, 0.3) is 47.3 Å².